The number of rotatable bonds is 7. The van der Waals surface area contributed by atoms with Gasteiger partial charge >= 0.3 is 0 Å². The molecule has 1 aromatic heterocycles. The molecule has 1 aromatic carbocycles. The summed E-state index contributed by atoms with van der Waals surface area (Å²) in [6.45, 7) is 2.67. The van der Waals surface area contributed by atoms with Crippen molar-refractivity contribution in [1.29, 1.82) is 0 Å². The molecule has 0 radical (unpaired) electrons. The molecular weight excluding hydrogens is 373 g/mol. The van der Waals surface area contributed by atoms with Crippen LogP contribution in [0.4, 0.5) is 5.82 Å². The van der Waals surface area contributed by atoms with E-state index in [1.165, 1.54) is 6.07 Å². The summed E-state index contributed by atoms with van der Waals surface area (Å²) in [5.74, 6) is 1.65. The molecule has 2 aromatic rings. The quantitative estimate of drug-likeness (QED) is 0.398. The van der Waals surface area contributed by atoms with Crippen LogP contribution in [0.15, 0.2) is 29.4 Å². The molecule has 0 saturated heterocycles. The monoisotopic (exact) mass is 387 g/mol. The first kappa shape index (κ1) is 18.6. The van der Waals surface area contributed by atoms with Gasteiger partial charge in [0, 0.05) is 0 Å². The SMILES string of the molecule is CCCOc1ccc(/C=N\Nc2nc(Cl)c(Cl)cc2Cl)cc1OC. The number of ether oxygens (including phenoxy) is 2. The van der Waals surface area contributed by atoms with E-state index in [9.17, 15) is 0 Å². The Bertz CT molecular complexity index is 739. The molecule has 128 valence electrons. The number of nitrogens with zero attached hydrogens (tertiary/aromatic N) is 2. The zero-order valence-electron chi connectivity index (χ0n) is 13.1. The fourth-order valence-electron chi connectivity index (χ4n) is 1.79. The summed E-state index contributed by atoms with van der Waals surface area (Å²) in [4.78, 5) is 4.02. The van der Waals surface area contributed by atoms with E-state index < -0.39 is 0 Å². The molecule has 0 bridgehead atoms. The largest absolute Gasteiger partial charge is 0.493 e. The third-order valence-electron chi connectivity index (χ3n) is 2.92. The number of halogens is 3. The first-order valence-corrected chi connectivity index (χ1v) is 8.30. The van der Waals surface area contributed by atoms with Crippen LogP contribution >= 0.6 is 34.8 Å². The topological polar surface area (TPSA) is 55.7 Å². The van der Waals surface area contributed by atoms with Gasteiger partial charge in [0.05, 0.1) is 30.0 Å². The Hall–Kier alpha value is -1.69. The Morgan fingerprint density at radius 1 is 1.17 bits per heavy atom. The summed E-state index contributed by atoms with van der Waals surface area (Å²) in [5.41, 5.74) is 3.55. The summed E-state index contributed by atoms with van der Waals surface area (Å²) in [7, 11) is 1.59. The molecule has 0 amide bonds. The maximum absolute atomic E-state index is 6.02. The number of methoxy groups -OCH3 is 1. The molecule has 0 fully saturated rings. The van der Waals surface area contributed by atoms with Gasteiger partial charge in [0.2, 0.25) is 0 Å². The van der Waals surface area contributed by atoms with E-state index in [0.717, 1.165) is 12.0 Å². The molecule has 2 rings (SSSR count). The highest BCUT2D eigenvalue weighted by atomic mass is 35.5. The van der Waals surface area contributed by atoms with Crippen LogP contribution in [0.3, 0.4) is 0 Å². The molecule has 0 aliphatic heterocycles. The zero-order chi connectivity index (χ0) is 17.5. The van der Waals surface area contributed by atoms with Crippen LogP contribution in [0.1, 0.15) is 18.9 Å². The van der Waals surface area contributed by atoms with Crippen molar-refractivity contribution in [3.63, 3.8) is 0 Å². The van der Waals surface area contributed by atoms with Crippen molar-refractivity contribution in [3.8, 4) is 11.5 Å². The lowest BCUT2D eigenvalue weighted by Crippen LogP contribution is -1.99. The van der Waals surface area contributed by atoms with Crippen molar-refractivity contribution < 1.29 is 9.47 Å². The van der Waals surface area contributed by atoms with Gasteiger partial charge in [-0.15, -0.1) is 0 Å². The smallest absolute Gasteiger partial charge is 0.166 e. The van der Waals surface area contributed by atoms with Crippen molar-refractivity contribution in [2.24, 2.45) is 5.10 Å². The standard InChI is InChI=1S/C16H16Cl3N3O2/c1-3-6-24-13-5-4-10(7-14(13)23-2)9-20-22-16-12(18)8-11(17)15(19)21-16/h4-5,7-9H,3,6H2,1-2H3,(H,21,22)/b20-9-. The minimum atomic E-state index is 0.151. The van der Waals surface area contributed by atoms with E-state index in [2.05, 4.69) is 15.5 Å². The Labute approximate surface area is 155 Å². The summed E-state index contributed by atoms with van der Waals surface area (Å²) in [6.07, 6.45) is 2.53. The minimum Gasteiger partial charge on any atom is -0.493 e. The van der Waals surface area contributed by atoms with E-state index in [1.54, 1.807) is 13.3 Å². The van der Waals surface area contributed by atoms with Crippen LogP contribution in [0.5, 0.6) is 11.5 Å². The van der Waals surface area contributed by atoms with Crippen LogP contribution in [-0.2, 0) is 0 Å². The highest BCUT2D eigenvalue weighted by Crippen LogP contribution is 2.29. The highest BCUT2D eigenvalue weighted by Gasteiger charge is 2.07. The Morgan fingerprint density at radius 3 is 2.67 bits per heavy atom. The third-order valence-corrected chi connectivity index (χ3v) is 3.88. The summed E-state index contributed by atoms with van der Waals surface area (Å²) in [5, 5.41) is 4.84. The van der Waals surface area contributed by atoms with E-state index in [4.69, 9.17) is 44.3 Å². The van der Waals surface area contributed by atoms with Crippen LogP contribution in [0, 0.1) is 0 Å². The number of pyridine rings is 1. The summed E-state index contributed by atoms with van der Waals surface area (Å²) >= 11 is 17.7. The van der Waals surface area contributed by atoms with Gasteiger partial charge in [0.25, 0.3) is 0 Å². The lowest BCUT2D eigenvalue weighted by Gasteiger charge is -2.10. The van der Waals surface area contributed by atoms with E-state index in [-0.39, 0.29) is 10.2 Å². The predicted octanol–water partition coefficient (Wildman–Crippen LogP) is 5.29. The average molecular weight is 389 g/mol. The van der Waals surface area contributed by atoms with Gasteiger partial charge in [0.1, 0.15) is 5.15 Å². The molecule has 1 heterocycles. The Morgan fingerprint density at radius 2 is 1.96 bits per heavy atom. The van der Waals surface area contributed by atoms with Gasteiger partial charge in [-0.1, -0.05) is 41.7 Å². The third kappa shape index (κ3) is 4.90. The molecule has 24 heavy (non-hydrogen) atoms. The van der Waals surface area contributed by atoms with Gasteiger partial charge in [-0.3, -0.25) is 5.43 Å². The molecule has 1 N–H and O–H groups in total. The van der Waals surface area contributed by atoms with Gasteiger partial charge < -0.3 is 9.47 Å². The normalized spacial score (nSPS) is 10.9. The number of aromatic nitrogens is 1. The Balaban J connectivity index is 2.10. The fourth-order valence-corrected chi connectivity index (χ4v) is 2.33. The number of nitrogens with one attached hydrogen (secondary N) is 1. The lowest BCUT2D eigenvalue weighted by atomic mass is 10.2. The van der Waals surface area contributed by atoms with Gasteiger partial charge in [-0.25, -0.2) is 4.98 Å². The number of hydrogen-bond donors (Lipinski definition) is 1. The summed E-state index contributed by atoms with van der Waals surface area (Å²) in [6, 6.07) is 7.02. The molecule has 0 spiro atoms. The molecule has 8 heteroatoms. The van der Waals surface area contributed by atoms with Crippen LogP contribution in [-0.4, -0.2) is 24.9 Å². The zero-order valence-corrected chi connectivity index (χ0v) is 15.4. The molecule has 0 aliphatic carbocycles. The second kappa shape index (κ2) is 8.97. The average Bonchev–Trinajstić information content (AvgIpc) is 2.58. The minimum absolute atomic E-state index is 0.151. The number of anilines is 1. The molecule has 0 unspecified atom stereocenters. The number of benzene rings is 1. The van der Waals surface area contributed by atoms with Gasteiger partial charge in [-0.2, -0.15) is 5.10 Å². The van der Waals surface area contributed by atoms with Gasteiger partial charge in [-0.05, 0) is 36.2 Å². The fraction of sp³-hybridized carbons (Fsp3) is 0.250. The molecular formula is C16H16Cl3N3O2. The molecule has 5 nitrogen and oxygen atoms in total. The van der Waals surface area contributed by atoms with Crippen molar-refractivity contribution in [3.05, 3.63) is 45.0 Å². The Kier molecular flexibility index (Phi) is 6.97. The van der Waals surface area contributed by atoms with Crippen LogP contribution in [0.2, 0.25) is 15.2 Å². The molecule has 0 atom stereocenters. The van der Waals surface area contributed by atoms with Crippen molar-refractivity contribution in [2.45, 2.75) is 13.3 Å². The lowest BCUT2D eigenvalue weighted by molar-refractivity contribution is 0.294. The van der Waals surface area contributed by atoms with Crippen LogP contribution < -0.4 is 14.9 Å². The van der Waals surface area contributed by atoms with E-state index in [1.807, 2.05) is 25.1 Å². The van der Waals surface area contributed by atoms with Crippen molar-refractivity contribution >= 4 is 46.8 Å². The van der Waals surface area contributed by atoms with Crippen molar-refractivity contribution in [1.82, 2.24) is 4.98 Å². The first-order chi connectivity index (χ1) is 11.5. The van der Waals surface area contributed by atoms with E-state index >= 15 is 0 Å². The number of hydrogen-bond acceptors (Lipinski definition) is 5. The number of hydrazone groups is 1. The summed E-state index contributed by atoms with van der Waals surface area (Å²) < 4.78 is 10.9. The first-order valence-electron chi connectivity index (χ1n) is 7.16. The maximum Gasteiger partial charge on any atom is 0.166 e. The molecule has 0 aliphatic rings. The van der Waals surface area contributed by atoms with E-state index in [0.29, 0.717) is 28.9 Å². The molecule has 0 saturated carbocycles. The second-order valence-corrected chi connectivity index (χ2v) is 5.89. The van der Waals surface area contributed by atoms with Crippen molar-refractivity contribution in [2.75, 3.05) is 19.1 Å². The maximum atomic E-state index is 6.02. The van der Waals surface area contributed by atoms with Gasteiger partial charge in [0.15, 0.2) is 17.3 Å². The predicted molar refractivity (Wildman–Crippen MR) is 99.3 cm³/mol. The second-order valence-electron chi connectivity index (χ2n) is 4.72. The van der Waals surface area contributed by atoms with Crippen LogP contribution in [0.25, 0.3) is 0 Å². The highest BCUT2D eigenvalue weighted by molar-refractivity contribution is 6.42.